The predicted octanol–water partition coefficient (Wildman–Crippen LogP) is 4.18. The molecule has 0 amide bonds. The Morgan fingerprint density at radius 3 is 2.46 bits per heavy atom. The van der Waals surface area contributed by atoms with Gasteiger partial charge < -0.3 is 14.2 Å². The van der Waals surface area contributed by atoms with Crippen molar-refractivity contribution in [2.24, 2.45) is 0 Å². The number of rotatable bonds is 7. The highest BCUT2D eigenvalue weighted by Gasteiger charge is 2.20. The molecule has 28 heavy (non-hydrogen) atoms. The predicted molar refractivity (Wildman–Crippen MR) is 106 cm³/mol. The normalized spacial score (nSPS) is 10.4. The standard InChI is InChI=1S/C21H19NO5S/c1-13-19(28-20(22-13)14-7-5-4-6-8-14)21(24)27-12-17(23)16-10-9-15(25-2)11-18(16)26-3/h4-11H,12H2,1-3H3. The van der Waals surface area contributed by atoms with E-state index in [0.29, 0.717) is 27.6 Å². The molecule has 1 heterocycles. The maximum atomic E-state index is 12.5. The quantitative estimate of drug-likeness (QED) is 0.440. The smallest absolute Gasteiger partial charge is 0.350 e. The van der Waals surface area contributed by atoms with Gasteiger partial charge in [0.15, 0.2) is 6.61 Å². The molecule has 0 aliphatic carbocycles. The molecule has 6 nitrogen and oxygen atoms in total. The molecule has 0 N–H and O–H groups in total. The topological polar surface area (TPSA) is 74.7 Å². The Kier molecular flexibility index (Phi) is 6.06. The van der Waals surface area contributed by atoms with Crippen molar-refractivity contribution in [2.45, 2.75) is 6.92 Å². The lowest BCUT2D eigenvalue weighted by atomic mass is 10.1. The van der Waals surface area contributed by atoms with Crippen molar-refractivity contribution in [1.82, 2.24) is 4.98 Å². The number of thiazole rings is 1. The molecular formula is C21H19NO5S. The van der Waals surface area contributed by atoms with Crippen LogP contribution in [0.15, 0.2) is 48.5 Å². The molecule has 0 unspecified atom stereocenters. The van der Waals surface area contributed by atoms with Crippen LogP contribution in [-0.2, 0) is 4.74 Å². The number of benzene rings is 2. The first-order valence-electron chi connectivity index (χ1n) is 8.48. The summed E-state index contributed by atoms with van der Waals surface area (Å²) in [5, 5.41) is 0.730. The van der Waals surface area contributed by atoms with E-state index in [4.69, 9.17) is 14.2 Å². The number of Topliss-reactive ketones (excluding diaryl/α,β-unsaturated/α-hetero) is 1. The Hall–Kier alpha value is -3.19. The minimum Gasteiger partial charge on any atom is -0.497 e. The number of aryl methyl sites for hydroxylation is 1. The Balaban J connectivity index is 1.71. The molecule has 0 fully saturated rings. The van der Waals surface area contributed by atoms with Gasteiger partial charge in [-0.05, 0) is 19.1 Å². The number of ether oxygens (including phenoxy) is 3. The van der Waals surface area contributed by atoms with Crippen LogP contribution in [0.3, 0.4) is 0 Å². The van der Waals surface area contributed by atoms with Crippen LogP contribution in [0.4, 0.5) is 0 Å². The third-order valence-electron chi connectivity index (χ3n) is 4.05. The van der Waals surface area contributed by atoms with Gasteiger partial charge in [-0.25, -0.2) is 9.78 Å². The molecule has 3 rings (SSSR count). The van der Waals surface area contributed by atoms with Crippen LogP contribution in [0.25, 0.3) is 10.6 Å². The van der Waals surface area contributed by atoms with E-state index in [1.807, 2.05) is 30.3 Å². The number of carbonyl (C=O) groups is 2. The lowest BCUT2D eigenvalue weighted by Crippen LogP contribution is -2.15. The highest BCUT2D eigenvalue weighted by molar-refractivity contribution is 7.17. The van der Waals surface area contributed by atoms with Crippen LogP contribution in [0.5, 0.6) is 11.5 Å². The lowest BCUT2D eigenvalue weighted by molar-refractivity contribution is 0.0477. The maximum Gasteiger partial charge on any atom is 0.350 e. The van der Waals surface area contributed by atoms with E-state index in [0.717, 1.165) is 10.6 Å². The molecule has 2 aromatic carbocycles. The maximum absolute atomic E-state index is 12.5. The summed E-state index contributed by atoms with van der Waals surface area (Å²) < 4.78 is 15.6. The second-order valence-electron chi connectivity index (χ2n) is 5.87. The van der Waals surface area contributed by atoms with Crippen molar-refractivity contribution in [3.8, 4) is 22.1 Å². The summed E-state index contributed by atoms with van der Waals surface area (Å²) in [6, 6.07) is 14.4. The molecule has 0 aliphatic heterocycles. The van der Waals surface area contributed by atoms with Gasteiger partial charge in [0.2, 0.25) is 5.78 Å². The number of nitrogens with zero attached hydrogens (tertiary/aromatic N) is 1. The van der Waals surface area contributed by atoms with Gasteiger partial charge in [-0.3, -0.25) is 4.79 Å². The fourth-order valence-corrected chi connectivity index (χ4v) is 3.56. The van der Waals surface area contributed by atoms with E-state index in [9.17, 15) is 9.59 Å². The Morgan fingerprint density at radius 1 is 1.04 bits per heavy atom. The number of aromatic nitrogens is 1. The average molecular weight is 397 g/mol. The van der Waals surface area contributed by atoms with Crippen molar-refractivity contribution in [2.75, 3.05) is 20.8 Å². The van der Waals surface area contributed by atoms with Gasteiger partial charge in [0, 0.05) is 11.6 Å². The summed E-state index contributed by atoms with van der Waals surface area (Å²) in [5.74, 6) is -0.00355. The van der Waals surface area contributed by atoms with E-state index in [1.54, 1.807) is 25.1 Å². The third kappa shape index (κ3) is 4.20. The Labute approximate surface area is 166 Å². The highest BCUT2D eigenvalue weighted by Crippen LogP contribution is 2.29. The minimum absolute atomic E-state index is 0.321. The molecule has 0 atom stereocenters. The molecule has 0 saturated heterocycles. The van der Waals surface area contributed by atoms with E-state index in [-0.39, 0.29) is 12.4 Å². The van der Waals surface area contributed by atoms with Crippen molar-refractivity contribution in [3.05, 3.63) is 64.7 Å². The van der Waals surface area contributed by atoms with Gasteiger partial charge in [0.05, 0.1) is 25.5 Å². The van der Waals surface area contributed by atoms with Crippen LogP contribution >= 0.6 is 11.3 Å². The summed E-state index contributed by atoms with van der Waals surface area (Å²) in [6.07, 6.45) is 0. The second kappa shape index (κ2) is 8.67. The summed E-state index contributed by atoms with van der Waals surface area (Å²) in [4.78, 5) is 29.7. The Morgan fingerprint density at radius 2 is 1.79 bits per heavy atom. The van der Waals surface area contributed by atoms with Crippen LogP contribution < -0.4 is 9.47 Å². The minimum atomic E-state index is -0.571. The average Bonchev–Trinajstić information content (AvgIpc) is 3.13. The van der Waals surface area contributed by atoms with Crippen LogP contribution in [0.1, 0.15) is 25.7 Å². The van der Waals surface area contributed by atoms with E-state index < -0.39 is 5.97 Å². The number of carbonyl (C=O) groups excluding carboxylic acids is 2. The van der Waals surface area contributed by atoms with E-state index >= 15 is 0 Å². The fourth-order valence-electron chi connectivity index (χ4n) is 2.59. The van der Waals surface area contributed by atoms with Gasteiger partial charge in [0.1, 0.15) is 21.4 Å². The fraction of sp³-hybridized carbons (Fsp3) is 0.190. The zero-order valence-corrected chi connectivity index (χ0v) is 16.5. The monoisotopic (exact) mass is 397 g/mol. The molecule has 0 saturated carbocycles. The highest BCUT2D eigenvalue weighted by atomic mass is 32.1. The first kappa shape index (κ1) is 19.6. The van der Waals surface area contributed by atoms with E-state index in [1.165, 1.54) is 25.6 Å². The van der Waals surface area contributed by atoms with Gasteiger partial charge in [0.25, 0.3) is 0 Å². The molecule has 3 aromatic rings. The van der Waals surface area contributed by atoms with Gasteiger partial charge in [-0.2, -0.15) is 0 Å². The zero-order valence-electron chi connectivity index (χ0n) is 15.7. The zero-order chi connectivity index (χ0) is 20.1. The van der Waals surface area contributed by atoms with E-state index in [2.05, 4.69) is 4.98 Å². The SMILES string of the molecule is COc1ccc(C(=O)COC(=O)c2sc(-c3ccccc3)nc2C)c(OC)c1. The molecular weight excluding hydrogens is 378 g/mol. The first-order valence-corrected chi connectivity index (χ1v) is 9.30. The first-order chi connectivity index (χ1) is 13.5. The number of methoxy groups -OCH3 is 2. The Bertz CT molecular complexity index is 997. The summed E-state index contributed by atoms with van der Waals surface area (Å²) in [6.45, 7) is 1.35. The molecule has 144 valence electrons. The van der Waals surface area contributed by atoms with Crippen LogP contribution in [-0.4, -0.2) is 37.6 Å². The van der Waals surface area contributed by atoms with Crippen LogP contribution in [0, 0.1) is 6.92 Å². The molecule has 0 aliphatic rings. The molecule has 0 spiro atoms. The van der Waals surface area contributed by atoms with Gasteiger partial charge >= 0.3 is 5.97 Å². The number of hydrogen-bond donors (Lipinski definition) is 0. The molecule has 1 aromatic heterocycles. The molecule has 0 bridgehead atoms. The molecule has 0 radical (unpaired) electrons. The number of ketones is 1. The van der Waals surface area contributed by atoms with Gasteiger partial charge in [-0.1, -0.05) is 30.3 Å². The van der Waals surface area contributed by atoms with Gasteiger partial charge in [-0.15, -0.1) is 11.3 Å². The summed E-state index contributed by atoms with van der Waals surface area (Å²) >= 11 is 1.24. The van der Waals surface area contributed by atoms with Crippen LogP contribution in [0.2, 0.25) is 0 Å². The van der Waals surface area contributed by atoms with Crippen molar-refractivity contribution in [3.63, 3.8) is 0 Å². The summed E-state index contributed by atoms with van der Waals surface area (Å²) in [5.41, 5.74) is 1.82. The summed E-state index contributed by atoms with van der Waals surface area (Å²) in [7, 11) is 2.99. The largest absolute Gasteiger partial charge is 0.497 e. The molecule has 7 heteroatoms. The third-order valence-corrected chi connectivity index (χ3v) is 5.23. The van der Waals surface area contributed by atoms with Crippen molar-refractivity contribution >= 4 is 23.1 Å². The number of hydrogen-bond acceptors (Lipinski definition) is 7. The van der Waals surface area contributed by atoms with Crippen molar-refractivity contribution in [1.29, 1.82) is 0 Å². The number of esters is 1. The lowest BCUT2D eigenvalue weighted by Gasteiger charge is -2.09. The van der Waals surface area contributed by atoms with Crippen molar-refractivity contribution < 1.29 is 23.8 Å². The second-order valence-corrected chi connectivity index (χ2v) is 6.86.